The number of allylic oxidation sites excluding steroid dienone is 1. The predicted molar refractivity (Wildman–Crippen MR) is 70.8 cm³/mol. The topological polar surface area (TPSA) is 50.1 Å². The zero-order valence-corrected chi connectivity index (χ0v) is 11.5. The van der Waals surface area contributed by atoms with Crippen molar-refractivity contribution in [2.24, 2.45) is 5.92 Å². The smallest absolute Gasteiger partial charge is 0.348 e. The summed E-state index contributed by atoms with van der Waals surface area (Å²) in [4.78, 5) is 11.8. The molecule has 0 N–H and O–H groups in total. The number of nitriles is 1. The van der Waals surface area contributed by atoms with Gasteiger partial charge in [-0.15, -0.1) is 0 Å². The van der Waals surface area contributed by atoms with Gasteiger partial charge in [0, 0.05) is 0 Å². The molecule has 1 aliphatic carbocycles. The molecule has 0 amide bonds. The van der Waals surface area contributed by atoms with E-state index in [1.165, 1.54) is 6.42 Å². The zero-order valence-electron chi connectivity index (χ0n) is 11.5. The van der Waals surface area contributed by atoms with Crippen molar-refractivity contribution < 1.29 is 9.53 Å². The Kier molecular flexibility index (Phi) is 6.49. The van der Waals surface area contributed by atoms with Gasteiger partial charge >= 0.3 is 5.97 Å². The van der Waals surface area contributed by atoms with Gasteiger partial charge in [0.05, 0.1) is 6.61 Å². The summed E-state index contributed by atoms with van der Waals surface area (Å²) in [5, 5.41) is 9.21. The fourth-order valence-electron chi connectivity index (χ4n) is 2.63. The van der Waals surface area contributed by atoms with Crippen LogP contribution in [0.4, 0.5) is 0 Å². The summed E-state index contributed by atoms with van der Waals surface area (Å²) >= 11 is 0. The van der Waals surface area contributed by atoms with Crippen molar-refractivity contribution in [3.63, 3.8) is 0 Å². The van der Waals surface area contributed by atoms with Crippen molar-refractivity contribution in [2.75, 3.05) is 6.61 Å². The molecule has 0 aliphatic heterocycles. The number of carbonyl (C=O) groups excluding carboxylic acids is 1. The number of carbonyl (C=O) groups is 1. The van der Waals surface area contributed by atoms with Crippen LogP contribution in [0.1, 0.15) is 58.8 Å². The number of unbranched alkanes of at least 4 members (excludes halogenated alkanes) is 1. The van der Waals surface area contributed by atoms with Crippen LogP contribution in [0.3, 0.4) is 0 Å². The third-order valence-corrected chi connectivity index (χ3v) is 3.56. The first kappa shape index (κ1) is 14.8. The maximum absolute atomic E-state index is 11.8. The van der Waals surface area contributed by atoms with Gasteiger partial charge in [-0.05, 0) is 44.1 Å². The molecule has 0 radical (unpaired) electrons. The van der Waals surface area contributed by atoms with Crippen LogP contribution in [0, 0.1) is 17.2 Å². The third kappa shape index (κ3) is 3.87. The van der Waals surface area contributed by atoms with Crippen LogP contribution >= 0.6 is 0 Å². The maximum atomic E-state index is 11.8. The Hall–Kier alpha value is -1.30. The van der Waals surface area contributed by atoms with E-state index in [4.69, 9.17) is 4.74 Å². The van der Waals surface area contributed by atoms with Gasteiger partial charge in [-0.3, -0.25) is 0 Å². The fourth-order valence-corrected chi connectivity index (χ4v) is 2.63. The predicted octanol–water partition coefficient (Wildman–Crippen LogP) is 3.75. The molecule has 0 spiro atoms. The molecular weight excluding hydrogens is 226 g/mol. The Morgan fingerprint density at radius 1 is 1.44 bits per heavy atom. The molecule has 0 aromatic heterocycles. The van der Waals surface area contributed by atoms with E-state index in [2.05, 4.69) is 13.0 Å². The molecule has 1 unspecified atom stereocenters. The first-order valence-electron chi connectivity index (χ1n) is 7.04. The van der Waals surface area contributed by atoms with Gasteiger partial charge in [0.2, 0.25) is 0 Å². The fraction of sp³-hybridized carbons (Fsp3) is 0.733. The number of nitrogens with zero attached hydrogens (tertiary/aromatic N) is 1. The van der Waals surface area contributed by atoms with E-state index in [9.17, 15) is 10.1 Å². The second kappa shape index (κ2) is 7.92. The Bertz CT molecular complexity index is 352. The number of hydrogen-bond donors (Lipinski definition) is 0. The molecule has 0 saturated heterocycles. The summed E-state index contributed by atoms with van der Waals surface area (Å²) in [7, 11) is 0. The molecule has 1 atom stereocenters. The second-order valence-corrected chi connectivity index (χ2v) is 4.82. The van der Waals surface area contributed by atoms with E-state index in [-0.39, 0.29) is 5.57 Å². The lowest BCUT2D eigenvalue weighted by Gasteiger charge is -2.26. The van der Waals surface area contributed by atoms with Gasteiger partial charge in [0.1, 0.15) is 11.6 Å². The lowest BCUT2D eigenvalue weighted by molar-refractivity contribution is -0.138. The molecule has 0 heterocycles. The van der Waals surface area contributed by atoms with Gasteiger partial charge < -0.3 is 4.74 Å². The minimum atomic E-state index is -0.432. The van der Waals surface area contributed by atoms with Gasteiger partial charge in [0.15, 0.2) is 0 Å². The summed E-state index contributed by atoms with van der Waals surface area (Å²) in [6, 6.07) is 2.07. The van der Waals surface area contributed by atoms with E-state index in [0.717, 1.165) is 44.1 Å². The lowest BCUT2D eigenvalue weighted by atomic mass is 9.79. The van der Waals surface area contributed by atoms with Gasteiger partial charge in [-0.1, -0.05) is 26.2 Å². The van der Waals surface area contributed by atoms with E-state index < -0.39 is 5.97 Å². The molecule has 0 aromatic rings. The highest BCUT2D eigenvalue weighted by Gasteiger charge is 2.25. The summed E-state index contributed by atoms with van der Waals surface area (Å²) in [5.41, 5.74) is 1.33. The molecule has 100 valence electrons. The monoisotopic (exact) mass is 249 g/mol. The molecule has 0 bridgehead atoms. The van der Waals surface area contributed by atoms with E-state index >= 15 is 0 Å². The van der Waals surface area contributed by atoms with Crippen molar-refractivity contribution in [3.8, 4) is 6.07 Å². The highest BCUT2D eigenvalue weighted by atomic mass is 16.5. The van der Waals surface area contributed by atoms with Crippen molar-refractivity contribution in [1.29, 1.82) is 5.26 Å². The Balaban J connectivity index is 2.89. The Morgan fingerprint density at radius 3 is 2.83 bits per heavy atom. The summed E-state index contributed by atoms with van der Waals surface area (Å²) in [6.07, 6.45) is 7.70. The van der Waals surface area contributed by atoms with Crippen LogP contribution in [-0.4, -0.2) is 12.6 Å². The van der Waals surface area contributed by atoms with E-state index in [1.807, 2.05) is 0 Å². The van der Waals surface area contributed by atoms with E-state index in [0.29, 0.717) is 12.5 Å². The number of esters is 1. The normalized spacial score (nSPS) is 22.2. The molecule has 1 saturated carbocycles. The van der Waals surface area contributed by atoms with Gasteiger partial charge in [-0.2, -0.15) is 5.26 Å². The number of hydrogen-bond acceptors (Lipinski definition) is 3. The van der Waals surface area contributed by atoms with E-state index in [1.54, 1.807) is 6.92 Å². The Morgan fingerprint density at radius 2 is 2.22 bits per heavy atom. The molecule has 18 heavy (non-hydrogen) atoms. The van der Waals surface area contributed by atoms with Crippen molar-refractivity contribution in [2.45, 2.75) is 58.8 Å². The molecule has 3 heteroatoms. The highest BCUT2D eigenvalue weighted by Crippen LogP contribution is 2.35. The van der Waals surface area contributed by atoms with Gasteiger partial charge in [0.25, 0.3) is 0 Å². The lowest BCUT2D eigenvalue weighted by Crippen LogP contribution is -2.17. The molecule has 0 aromatic carbocycles. The van der Waals surface area contributed by atoms with Crippen LogP contribution in [0.2, 0.25) is 0 Å². The number of ether oxygens (including phenoxy) is 1. The second-order valence-electron chi connectivity index (χ2n) is 4.82. The molecule has 1 aliphatic rings. The molecule has 1 fully saturated rings. The minimum Gasteiger partial charge on any atom is -0.462 e. The van der Waals surface area contributed by atoms with Crippen LogP contribution < -0.4 is 0 Å². The quantitative estimate of drug-likeness (QED) is 0.423. The minimum absolute atomic E-state index is 0.276. The summed E-state index contributed by atoms with van der Waals surface area (Å²) < 4.78 is 4.98. The van der Waals surface area contributed by atoms with Crippen LogP contribution in [0.15, 0.2) is 11.1 Å². The molecular formula is C15H23NO2. The maximum Gasteiger partial charge on any atom is 0.348 e. The first-order chi connectivity index (χ1) is 8.74. The summed E-state index contributed by atoms with van der Waals surface area (Å²) in [6.45, 7) is 4.27. The van der Waals surface area contributed by atoms with Crippen LogP contribution in [0.5, 0.6) is 0 Å². The largest absolute Gasteiger partial charge is 0.462 e. The highest BCUT2D eigenvalue weighted by molar-refractivity contribution is 5.93. The number of rotatable bonds is 5. The Labute approximate surface area is 110 Å². The summed E-state index contributed by atoms with van der Waals surface area (Å²) in [5.74, 6) is -0.0174. The third-order valence-electron chi connectivity index (χ3n) is 3.56. The van der Waals surface area contributed by atoms with Crippen LogP contribution in [-0.2, 0) is 9.53 Å². The first-order valence-corrected chi connectivity index (χ1v) is 7.04. The SMILES string of the molecule is CCCCC1CCCCC1=C(C#N)C(=O)OCC. The molecule has 1 rings (SSSR count). The van der Waals surface area contributed by atoms with Crippen LogP contribution in [0.25, 0.3) is 0 Å². The van der Waals surface area contributed by atoms with Crippen molar-refractivity contribution in [3.05, 3.63) is 11.1 Å². The average molecular weight is 249 g/mol. The zero-order chi connectivity index (χ0) is 13.4. The standard InChI is InChI=1S/C15H23NO2/c1-3-5-8-12-9-6-7-10-13(12)14(11-16)15(17)18-4-2/h12H,3-10H2,1-2H3. The van der Waals surface area contributed by atoms with Crippen molar-refractivity contribution in [1.82, 2.24) is 0 Å². The van der Waals surface area contributed by atoms with Gasteiger partial charge in [-0.25, -0.2) is 4.79 Å². The average Bonchev–Trinajstić information content (AvgIpc) is 2.39. The van der Waals surface area contributed by atoms with Crippen molar-refractivity contribution >= 4 is 5.97 Å². The molecule has 3 nitrogen and oxygen atoms in total.